The molecule has 0 aliphatic carbocycles. The van der Waals surface area contributed by atoms with Crippen molar-refractivity contribution in [3.63, 3.8) is 0 Å². The Balaban J connectivity index is 1.75. The van der Waals surface area contributed by atoms with E-state index in [4.69, 9.17) is 0 Å². The fourth-order valence-electron chi connectivity index (χ4n) is 2.78. The molecule has 0 bridgehead atoms. The van der Waals surface area contributed by atoms with Gasteiger partial charge in [-0.3, -0.25) is 4.79 Å². The summed E-state index contributed by atoms with van der Waals surface area (Å²) < 4.78 is 39.6. The van der Waals surface area contributed by atoms with E-state index in [9.17, 15) is 18.0 Å². The monoisotopic (exact) mass is 424 g/mol. The van der Waals surface area contributed by atoms with Gasteiger partial charge in [0.1, 0.15) is 5.01 Å². The Labute approximate surface area is 169 Å². The van der Waals surface area contributed by atoms with E-state index in [-0.39, 0.29) is 18.1 Å². The number of anilines is 1. The largest absolute Gasteiger partial charge is 0.417 e. The average Bonchev–Trinajstić information content (AvgIpc) is 3.20. The van der Waals surface area contributed by atoms with Gasteiger partial charge >= 0.3 is 6.18 Å². The lowest BCUT2D eigenvalue weighted by molar-refractivity contribution is -0.137. The van der Waals surface area contributed by atoms with Gasteiger partial charge in [-0.15, -0.1) is 10.2 Å². The molecular formula is C18H19F3N6OS. The molecule has 0 unspecified atom stereocenters. The van der Waals surface area contributed by atoms with Crippen molar-refractivity contribution in [3.8, 4) is 5.82 Å². The molecule has 3 aromatic heterocycles. The number of alkyl halides is 3. The van der Waals surface area contributed by atoms with Crippen molar-refractivity contribution in [2.45, 2.75) is 46.2 Å². The van der Waals surface area contributed by atoms with Crippen molar-refractivity contribution in [2.24, 2.45) is 0 Å². The van der Waals surface area contributed by atoms with Crippen LogP contribution in [0.15, 0.2) is 18.3 Å². The minimum Gasteiger partial charge on any atom is -0.300 e. The van der Waals surface area contributed by atoms with Gasteiger partial charge in [0.25, 0.3) is 0 Å². The molecule has 3 heterocycles. The molecule has 0 radical (unpaired) electrons. The number of carbonyl (C=O) groups excluding carboxylic acids is 1. The maximum absolute atomic E-state index is 12.7. The third kappa shape index (κ3) is 4.78. The highest BCUT2D eigenvalue weighted by Gasteiger charge is 2.31. The van der Waals surface area contributed by atoms with Crippen molar-refractivity contribution in [1.82, 2.24) is 25.0 Å². The number of aromatic nitrogens is 5. The third-order valence-electron chi connectivity index (χ3n) is 4.25. The molecule has 154 valence electrons. The van der Waals surface area contributed by atoms with Crippen molar-refractivity contribution >= 4 is 22.4 Å². The smallest absolute Gasteiger partial charge is 0.300 e. The number of amides is 1. The zero-order valence-electron chi connectivity index (χ0n) is 16.0. The summed E-state index contributed by atoms with van der Waals surface area (Å²) in [5.74, 6) is -0.0195. The molecule has 11 heteroatoms. The van der Waals surface area contributed by atoms with Gasteiger partial charge in [-0.25, -0.2) is 9.67 Å². The lowest BCUT2D eigenvalue weighted by Gasteiger charge is -2.08. The van der Waals surface area contributed by atoms with E-state index >= 15 is 0 Å². The standard InChI is InChI=1S/C18H19F3N6OS/c1-4-5-16-24-25-17(29-16)23-15(28)8-13-10(2)26-27(11(13)3)14-7-6-12(9-22-14)18(19,20)21/h6-7,9H,4-5,8H2,1-3H3,(H,23,25,28). The van der Waals surface area contributed by atoms with Crippen LogP contribution < -0.4 is 5.32 Å². The van der Waals surface area contributed by atoms with Crippen LogP contribution >= 0.6 is 11.3 Å². The lowest BCUT2D eigenvalue weighted by Crippen LogP contribution is -2.15. The van der Waals surface area contributed by atoms with Gasteiger partial charge in [0.15, 0.2) is 5.82 Å². The van der Waals surface area contributed by atoms with E-state index in [2.05, 4.69) is 25.6 Å². The summed E-state index contributed by atoms with van der Waals surface area (Å²) in [4.78, 5) is 16.3. The van der Waals surface area contributed by atoms with E-state index in [0.29, 0.717) is 22.1 Å². The first-order chi connectivity index (χ1) is 13.7. The van der Waals surface area contributed by atoms with Crippen LogP contribution in [0.2, 0.25) is 0 Å². The summed E-state index contributed by atoms with van der Waals surface area (Å²) in [6.07, 6.45) is -1.88. The SMILES string of the molecule is CCCc1nnc(NC(=O)Cc2c(C)nn(-c3ccc(C(F)(F)F)cn3)c2C)s1. The molecular weight excluding hydrogens is 405 g/mol. The molecule has 7 nitrogen and oxygen atoms in total. The Morgan fingerprint density at radius 3 is 2.62 bits per heavy atom. The summed E-state index contributed by atoms with van der Waals surface area (Å²) >= 11 is 1.33. The summed E-state index contributed by atoms with van der Waals surface area (Å²) in [5.41, 5.74) is 1.08. The first-order valence-electron chi connectivity index (χ1n) is 8.90. The third-order valence-corrected chi connectivity index (χ3v) is 5.15. The molecule has 1 amide bonds. The van der Waals surface area contributed by atoms with Gasteiger partial charge in [-0.1, -0.05) is 18.3 Å². The van der Waals surface area contributed by atoms with Crippen molar-refractivity contribution < 1.29 is 18.0 Å². The minimum atomic E-state index is -4.45. The zero-order chi connectivity index (χ0) is 21.2. The van der Waals surface area contributed by atoms with E-state index in [1.54, 1.807) is 13.8 Å². The molecule has 3 rings (SSSR count). The van der Waals surface area contributed by atoms with E-state index in [1.807, 2.05) is 6.92 Å². The number of nitrogens with one attached hydrogen (secondary N) is 1. The number of nitrogens with zero attached hydrogens (tertiary/aromatic N) is 5. The van der Waals surface area contributed by atoms with Gasteiger partial charge in [-0.2, -0.15) is 18.3 Å². The van der Waals surface area contributed by atoms with Gasteiger partial charge < -0.3 is 5.32 Å². The molecule has 1 N–H and O–H groups in total. The second-order valence-corrected chi connectivity index (χ2v) is 7.50. The van der Waals surface area contributed by atoms with Gasteiger partial charge in [0.05, 0.1) is 17.7 Å². The van der Waals surface area contributed by atoms with Gasteiger partial charge in [0, 0.05) is 23.9 Å². The molecule has 0 atom stereocenters. The van der Waals surface area contributed by atoms with E-state index in [0.717, 1.165) is 30.1 Å². The van der Waals surface area contributed by atoms with Crippen molar-refractivity contribution in [1.29, 1.82) is 0 Å². The molecule has 0 aliphatic heterocycles. The number of carbonyl (C=O) groups is 1. The molecule has 29 heavy (non-hydrogen) atoms. The fourth-order valence-corrected chi connectivity index (χ4v) is 3.63. The van der Waals surface area contributed by atoms with Gasteiger partial charge in [-0.05, 0) is 32.4 Å². The molecule has 0 spiro atoms. The minimum absolute atomic E-state index is 0.0565. The number of hydrogen-bond donors (Lipinski definition) is 1. The van der Waals surface area contributed by atoms with E-state index < -0.39 is 11.7 Å². The predicted octanol–water partition coefficient (Wildman–Crippen LogP) is 3.89. The Morgan fingerprint density at radius 1 is 1.24 bits per heavy atom. The summed E-state index contributed by atoms with van der Waals surface area (Å²) in [6.45, 7) is 5.52. The number of pyridine rings is 1. The Morgan fingerprint density at radius 2 is 2.00 bits per heavy atom. The maximum Gasteiger partial charge on any atom is 0.417 e. The van der Waals surface area contributed by atoms with Crippen LogP contribution in [-0.4, -0.2) is 30.9 Å². The summed E-state index contributed by atoms with van der Waals surface area (Å²) in [7, 11) is 0. The fraction of sp³-hybridized carbons (Fsp3) is 0.389. The molecule has 0 aliphatic rings. The molecule has 0 aromatic carbocycles. The number of hydrogen-bond acceptors (Lipinski definition) is 6. The van der Waals surface area contributed by atoms with Crippen LogP contribution in [0.4, 0.5) is 18.3 Å². The summed E-state index contributed by atoms with van der Waals surface area (Å²) in [5, 5.41) is 16.3. The van der Waals surface area contributed by atoms with Crippen LogP contribution in [0, 0.1) is 13.8 Å². The lowest BCUT2D eigenvalue weighted by atomic mass is 10.1. The van der Waals surface area contributed by atoms with Crippen molar-refractivity contribution in [3.05, 3.63) is 45.9 Å². The topological polar surface area (TPSA) is 85.6 Å². The van der Waals surface area contributed by atoms with Crippen LogP contribution in [0.3, 0.4) is 0 Å². The first-order valence-corrected chi connectivity index (χ1v) is 9.71. The normalized spacial score (nSPS) is 11.7. The zero-order valence-corrected chi connectivity index (χ0v) is 16.9. The Hall–Kier alpha value is -2.82. The maximum atomic E-state index is 12.7. The van der Waals surface area contributed by atoms with Crippen LogP contribution in [0.1, 0.15) is 40.9 Å². The average molecular weight is 424 g/mol. The second-order valence-electron chi connectivity index (χ2n) is 6.44. The second kappa shape index (κ2) is 8.27. The number of aryl methyl sites for hydroxylation is 2. The highest BCUT2D eigenvalue weighted by atomic mass is 32.1. The number of halogens is 3. The predicted molar refractivity (Wildman–Crippen MR) is 102 cm³/mol. The highest BCUT2D eigenvalue weighted by Crippen LogP contribution is 2.29. The van der Waals surface area contributed by atoms with Gasteiger partial charge in [0.2, 0.25) is 11.0 Å². The molecule has 0 saturated heterocycles. The summed E-state index contributed by atoms with van der Waals surface area (Å²) in [6, 6.07) is 2.21. The van der Waals surface area contributed by atoms with Crippen molar-refractivity contribution in [2.75, 3.05) is 5.32 Å². The quantitative estimate of drug-likeness (QED) is 0.649. The van der Waals surface area contributed by atoms with E-state index in [1.165, 1.54) is 22.1 Å². The first kappa shape index (κ1) is 20.9. The van der Waals surface area contributed by atoms with Crippen LogP contribution in [0.5, 0.6) is 0 Å². The molecule has 0 saturated carbocycles. The Kier molecular flexibility index (Phi) is 5.96. The van der Waals surface area contributed by atoms with Crippen LogP contribution in [0.25, 0.3) is 5.82 Å². The van der Waals surface area contributed by atoms with Crippen LogP contribution in [-0.2, 0) is 23.8 Å². The Bertz CT molecular complexity index is 1010. The highest BCUT2D eigenvalue weighted by molar-refractivity contribution is 7.15. The molecule has 0 fully saturated rings. The molecule has 3 aromatic rings. The number of rotatable bonds is 6.